The number of nitrogens with one attached hydrogen (secondary N) is 1. The van der Waals surface area contributed by atoms with Crippen LogP contribution in [-0.4, -0.2) is 11.5 Å². The molecule has 2 rings (SSSR count). The third-order valence-corrected chi connectivity index (χ3v) is 5.01. The highest BCUT2D eigenvalue weighted by Gasteiger charge is 2.07. The van der Waals surface area contributed by atoms with Crippen molar-refractivity contribution in [3.8, 4) is 0 Å². The lowest BCUT2D eigenvalue weighted by Gasteiger charge is -2.10. The van der Waals surface area contributed by atoms with Crippen LogP contribution in [0.5, 0.6) is 0 Å². The molecule has 0 aliphatic heterocycles. The van der Waals surface area contributed by atoms with Gasteiger partial charge in [0.15, 0.2) is 0 Å². The summed E-state index contributed by atoms with van der Waals surface area (Å²) < 4.78 is 1.20. The molecule has 0 radical (unpaired) electrons. The molecule has 0 fully saturated rings. The summed E-state index contributed by atoms with van der Waals surface area (Å²) in [5.41, 5.74) is 1.15. The Balaban J connectivity index is 1.78. The minimum atomic E-state index is 0.336. The first-order valence-electron chi connectivity index (χ1n) is 5.55. The zero-order chi connectivity index (χ0) is 12.3. The number of rotatable bonds is 5. The van der Waals surface area contributed by atoms with Crippen LogP contribution in [-0.2, 0) is 6.42 Å². The van der Waals surface area contributed by atoms with Crippen LogP contribution in [0, 0.1) is 6.92 Å². The quantitative estimate of drug-likeness (QED) is 0.889. The molecule has 0 amide bonds. The first-order chi connectivity index (χ1) is 8.15. The van der Waals surface area contributed by atoms with Gasteiger partial charge in [0.1, 0.15) is 0 Å². The van der Waals surface area contributed by atoms with Gasteiger partial charge in [0, 0.05) is 22.8 Å². The zero-order valence-corrected chi connectivity index (χ0v) is 13.1. The molecule has 0 aromatic carbocycles. The monoisotopic (exact) mass is 330 g/mol. The molecule has 1 N–H and O–H groups in total. The van der Waals surface area contributed by atoms with Gasteiger partial charge in [-0.25, -0.2) is 4.98 Å². The van der Waals surface area contributed by atoms with Crippen molar-refractivity contribution in [1.29, 1.82) is 0 Å². The van der Waals surface area contributed by atoms with Gasteiger partial charge in [-0.15, -0.1) is 22.7 Å². The third kappa shape index (κ3) is 3.88. The van der Waals surface area contributed by atoms with E-state index in [1.54, 1.807) is 22.7 Å². The molecule has 92 valence electrons. The van der Waals surface area contributed by atoms with Crippen molar-refractivity contribution in [2.45, 2.75) is 26.3 Å². The van der Waals surface area contributed by atoms with E-state index in [-0.39, 0.29) is 0 Å². The number of aromatic nitrogens is 1. The molecule has 2 heterocycles. The summed E-state index contributed by atoms with van der Waals surface area (Å²) in [7, 11) is 0. The number of halogens is 1. The van der Waals surface area contributed by atoms with E-state index < -0.39 is 0 Å². The largest absolute Gasteiger partial charge is 0.308 e. The van der Waals surface area contributed by atoms with E-state index in [2.05, 4.69) is 50.7 Å². The molecule has 0 spiro atoms. The summed E-state index contributed by atoms with van der Waals surface area (Å²) in [6.45, 7) is 5.20. The normalized spacial score (nSPS) is 12.9. The molecule has 0 bridgehead atoms. The fourth-order valence-corrected chi connectivity index (χ4v) is 3.77. The Labute approximate surface area is 118 Å². The Kier molecular flexibility index (Phi) is 4.73. The van der Waals surface area contributed by atoms with Crippen LogP contribution >= 0.6 is 38.6 Å². The van der Waals surface area contributed by atoms with Gasteiger partial charge in [-0.2, -0.15) is 0 Å². The summed E-state index contributed by atoms with van der Waals surface area (Å²) in [5.74, 6) is 0. The van der Waals surface area contributed by atoms with E-state index in [4.69, 9.17) is 0 Å². The van der Waals surface area contributed by atoms with Gasteiger partial charge < -0.3 is 5.32 Å². The average molecular weight is 331 g/mol. The predicted octanol–water partition coefficient (Wildman–Crippen LogP) is 4.17. The Hall–Kier alpha value is -0.230. The second kappa shape index (κ2) is 6.09. The molecule has 1 unspecified atom stereocenters. The van der Waals surface area contributed by atoms with Gasteiger partial charge in [0.25, 0.3) is 0 Å². The maximum atomic E-state index is 4.49. The van der Waals surface area contributed by atoms with Crippen molar-refractivity contribution < 1.29 is 0 Å². The molecule has 2 aromatic heterocycles. The van der Waals surface area contributed by atoms with Crippen LogP contribution in [0.3, 0.4) is 0 Å². The zero-order valence-electron chi connectivity index (χ0n) is 9.87. The van der Waals surface area contributed by atoms with E-state index in [1.807, 2.05) is 6.92 Å². The second-order valence-corrected chi connectivity index (χ2v) is 7.53. The smallest absolute Gasteiger partial charge is 0.0898 e. The lowest BCUT2D eigenvalue weighted by molar-refractivity contribution is 0.567. The molecule has 1 atom stereocenters. The molecule has 17 heavy (non-hydrogen) atoms. The molecule has 0 aliphatic rings. The standard InChI is InChI=1S/C12H15BrN2S2/c1-8(11-7-16-9(2)15-11)14-6-5-10-3-4-12(13)17-10/h3-4,7-8,14H,5-6H2,1-2H3. The summed E-state index contributed by atoms with van der Waals surface area (Å²) in [6.07, 6.45) is 1.07. The maximum Gasteiger partial charge on any atom is 0.0898 e. The van der Waals surface area contributed by atoms with E-state index >= 15 is 0 Å². The van der Waals surface area contributed by atoms with Crippen LogP contribution in [0.2, 0.25) is 0 Å². The number of nitrogens with zero attached hydrogens (tertiary/aromatic N) is 1. The van der Waals surface area contributed by atoms with Crippen molar-refractivity contribution in [2.75, 3.05) is 6.54 Å². The molecule has 0 aliphatic carbocycles. The third-order valence-electron chi connectivity index (χ3n) is 2.53. The Morgan fingerprint density at radius 1 is 1.47 bits per heavy atom. The van der Waals surface area contributed by atoms with E-state index in [1.165, 1.54) is 8.66 Å². The minimum Gasteiger partial charge on any atom is -0.308 e. The number of hydrogen-bond acceptors (Lipinski definition) is 4. The highest BCUT2D eigenvalue weighted by molar-refractivity contribution is 9.11. The van der Waals surface area contributed by atoms with Crippen LogP contribution in [0.15, 0.2) is 21.3 Å². The topological polar surface area (TPSA) is 24.9 Å². The molecule has 0 saturated carbocycles. The summed E-state index contributed by atoms with van der Waals surface area (Å²) in [5, 5.41) is 6.77. The van der Waals surface area contributed by atoms with Gasteiger partial charge in [-0.1, -0.05) is 0 Å². The van der Waals surface area contributed by atoms with Gasteiger partial charge in [-0.05, 0) is 48.3 Å². The van der Waals surface area contributed by atoms with Gasteiger partial charge in [0.05, 0.1) is 14.5 Å². The van der Waals surface area contributed by atoms with E-state index in [0.29, 0.717) is 6.04 Å². The molecule has 2 nitrogen and oxygen atoms in total. The SMILES string of the molecule is Cc1nc(C(C)NCCc2ccc(Br)s2)cs1. The van der Waals surface area contributed by atoms with Crippen LogP contribution in [0.25, 0.3) is 0 Å². The molecule has 2 aromatic rings. The molecule has 0 saturated heterocycles. The van der Waals surface area contributed by atoms with Gasteiger partial charge in [-0.3, -0.25) is 0 Å². The summed E-state index contributed by atoms with van der Waals surface area (Å²) in [6, 6.07) is 4.62. The van der Waals surface area contributed by atoms with Crippen molar-refractivity contribution >= 4 is 38.6 Å². The Bertz CT molecular complexity index is 478. The minimum absolute atomic E-state index is 0.336. The van der Waals surface area contributed by atoms with Gasteiger partial charge >= 0.3 is 0 Å². The molecular formula is C12H15BrN2S2. The first kappa shape index (κ1) is 13.2. The highest BCUT2D eigenvalue weighted by Crippen LogP contribution is 2.22. The predicted molar refractivity (Wildman–Crippen MR) is 79.0 cm³/mol. The lowest BCUT2D eigenvalue weighted by atomic mass is 10.2. The number of thiazole rings is 1. The maximum absolute atomic E-state index is 4.49. The van der Waals surface area contributed by atoms with Crippen molar-refractivity contribution in [3.63, 3.8) is 0 Å². The van der Waals surface area contributed by atoms with Crippen molar-refractivity contribution in [3.05, 3.63) is 36.9 Å². The highest BCUT2D eigenvalue weighted by atomic mass is 79.9. The average Bonchev–Trinajstić information content (AvgIpc) is 2.88. The molecule has 5 heteroatoms. The fraction of sp³-hybridized carbons (Fsp3) is 0.417. The number of aryl methyl sites for hydroxylation is 1. The number of thiophene rings is 1. The Morgan fingerprint density at radius 3 is 2.88 bits per heavy atom. The Morgan fingerprint density at radius 2 is 2.29 bits per heavy atom. The number of hydrogen-bond donors (Lipinski definition) is 1. The first-order valence-corrected chi connectivity index (χ1v) is 8.03. The van der Waals surface area contributed by atoms with E-state index in [0.717, 1.165) is 23.7 Å². The van der Waals surface area contributed by atoms with E-state index in [9.17, 15) is 0 Å². The second-order valence-electron chi connectivity index (χ2n) is 3.92. The van der Waals surface area contributed by atoms with Crippen molar-refractivity contribution in [1.82, 2.24) is 10.3 Å². The van der Waals surface area contributed by atoms with Crippen LogP contribution in [0.4, 0.5) is 0 Å². The molecular weight excluding hydrogens is 316 g/mol. The van der Waals surface area contributed by atoms with Crippen LogP contribution in [0.1, 0.15) is 28.5 Å². The summed E-state index contributed by atoms with van der Waals surface area (Å²) >= 11 is 7.00. The lowest BCUT2D eigenvalue weighted by Crippen LogP contribution is -2.21. The van der Waals surface area contributed by atoms with Gasteiger partial charge in [0.2, 0.25) is 0 Å². The summed E-state index contributed by atoms with van der Waals surface area (Å²) in [4.78, 5) is 5.90. The fourth-order valence-electron chi connectivity index (χ4n) is 1.58. The van der Waals surface area contributed by atoms with Crippen molar-refractivity contribution in [2.24, 2.45) is 0 Å². The van der Waals surface area contributed by atoms with Crippen LogP contribution < -0.4 is 5.32 Å².